The largest absolute Gasteiger partial charge is 0.457 e. The maximum Gasteiger partial charge on any atom is 0.268 e. The Morgan fingerprint density at radius 1 is 1.00 bits per heavy atom. The van der Waals surface area contributed by atoms with Crippen molar-refractivity contribution < 1.29 is 14.0 Å². The van der Waals surface area contributed by atoms with E-state index in [0.29, 0.717) is 32.7 Å². The molecule has 0 aliphatic carbocycles. The molecule has 7 heteroatoms. The van der Waals surface area contributed by atoms with Crippen LogP contribution in [0.1, 0.15) is 35.5 Å². The average Bonchev–Trinajstić information content (AvgIpc) is 3.15. The van der Waals surface area contributed by atoms with E-state index in [9.17, 15) is 9.59 Å². The summed E-state index contributed by atoms with van der Waals surface area (Å²) < 4.78 is 5.84. The van der Waals surface area contributed by atoms with Gasteiger partial charge < -0.3 is 15.1 Å². The van der Waals surface area contributed by atoms with Crippen molar-refractivity contribution in [3.05, 3.63) is 87.2 Å². The number of benzene rings is 2. The van der Waals surface area contributed by atoms with Gasteiger partial charge in [-0.2, -0.15) is 0 Å². The normalized spacial score (nSPS) is 11.5. The fourth-order valence-corrected chi connectivity index (χ4v) is 3.31. The summed E-state index contributed by atoms with van der Waals surface area (Å²) in [5, 5.41) is 6.43. The Morgan fingerprint density at radius 2 is 1.71 bits per heavy atom. The van der Waals surface area contributed by atoms with E-state index < -0.39 is 11.8 Å². The van der Waals surface area contributed by atoms with Gasteiger partial charge in [0, 0.05) is 28.3 Å². The summed E-state index contributed by atoms with van der Waals surface area (Å²) in [6.45, 7) is 5.61. The Kier molecular flexibility index (Phi) is 7.21. The molecule has 2 aromatic carbocycles. The lowest BCUT2D eigenvalue weighted by Gasteiger charge is -2.13. The number of hydrogen-bond acceptors (Lipinski definition) is 3. The molecule has 2 amide bonds. The number of hydrogen-bond donors (Lipinski definition) is 2. The van der Waals surface area contributed by atoms with Crippen LogP contribution in [0.15, 0.2) is 64.7 Å². The number of carbonyl (C=O) groups excluding carboxylic acids is 2. The van der Waals surface area contributed by atoms with Crippen LogP contribution in [-0.4, -0.2) is 17.9 Å². The van der Waals surface area contributed by atoms with E-state index >= 15 is 0 Å². The zero-order valence-corrected chi connectivity index (χ0v) is 18.8. The zero-order valence-electron chi connectivity index (χ0n) is 17.3. The minimum absolute atomic E-state index is 0.0716. The summed E-state index contributed by atoms with van der Waals surface area (Å²) >= 11 is 12.2. The van der Waals surface area contributed by atoms with Gasteiger partial charge in [0.1, 0.15) is 17.2 Å². The van der Waals surface area contributed by atoms with E-state index in [-0.39, 0.29) is 11.7 Å². The van der Waals surface area contributed by atoms with E-state index in [1.807, 2.05) is 32.9 Å². The van der Waals surface area contributed by atoms with E-state index in [1.165, 1.54) is 6.08 Å². The van der Waals surface area contributed by atoms with Gasteiger partial charge in [-0.25, -0.2) is 0 Å². The molecule has 0 aliphatic rings. The summed E-state index contributed by atoms with van der Waals surface area (Å²) in [6, 6.07) is 15.5. The molecule has 2 N–H and O–H groups in total. The van der Waals surface area contributed by atoms with Crippen molar-refractivity contribution in [2.45, 2.75) is 26.8 Å². The number of aryl methyl sites for hydroxylation is 1. The van der Waals surface area contributed by atoms with Crippen molar-refractivity contribution in [1.29, 1.82) is 0 Å². The highest BCUT2D eigenvalue weighted by molar-refractivity contribution is 6.36. The summed E-state index contributed by atoms with van der Waals surface area (Å²) in [6.07, 6.45) is 1.48. The molecule has 1 aromatic heterocycles. The molecule has 160 valence electrons. The van der Waals surface area contributed by atoms with E-state index in [0.717, 1.165) is 5.56 Å². The second-order valence-electron chi connectivity index (χ2n) is 7.33. The number of rotatable bonds is 6. The predicted molar refractivity (Wildman–Crippen MR) is 124 cm³/mol. The minimum atomic E-state index is -0.419. The van der Waals surface area contributed by atoms with Crippen LogP contribution in [-0.2, 0) is 4.79 Å². The van der Waals surface area contributed by atoms with Gasteiger partial charge in [0.2, 0.25) is 0 Å². The molecule has 0 aliphatic heterocycles. The second-order valence-corrected chi connectivity index (χ2v) is 8.18. The van der Waals surface area contributed by atoms with Crippen molar-refractivity contribution in [2.24, 2.45) is 0 Å². The quantitative estimate of drug-likeness (QED) is 0.456. The molecule has 0 radical (unpaired) electrons. The highest BCUT2D eigenvalue weighted by Crippen LogP contribution is 2.32. The zero-order chi connectivity index (χ0) is 22.5. The van der Waals surface area contributed by atoms with Gasteiger partial charge in [-0.15, -0.1) is 0 Å². The second kappa shape index (κ2) is 9.86. The first-order chi connectivity index (χ1) is 14.7. The Morgan fingerprint density at radius 3 is 2.35 bits per heavy atom. The molecule has 0 spiro atoms. The molecule has 1 heterocycles. The van der Waals surface area contributed by atoms with Crippen LogP contribution in [0.25, 0.3) is 17.4 Å². The van der Waals surface area contributed by atoms with Crippen LogP contribution in [0.4, 0.5) is 0 Å². The molecule has 0 saturated carbocycles. The first-order valence-electron chi connectivity index (χ1n) is 9.69. The van der Waals surface area contributed by atoms with Gasteiger partial charge in [-0.3, -0.25) is 9.59 Å². The predicted octanol–water partition coefficient (Wildman–Crippen LogP) is 5.86. The third-order valence-electron chi connectivity index (χ3n) is 4.34. The molecule has 3 rings (SSSR count). The molecular formula is C24H22Cl2N2O3. The maximum absolute atomic E-state index is 12.7. The molecular weight excluding hydrogens is 435 g/mol. The van der Waals surface area contributed by atoms with Crippen molar-refractivity contribution >= 4 is 41.1 Å². The topological polar surface area (TPSA) is 71.3 Å². The van der Waals surface area contributed by atoms with Crippen LogP contribution in [0, 0.1) is 6.92 Å². The molecule has 31 heavy (non-hydrogen) atoms. The van der Waals surface area contributed by atoms with Crippen molar-refractivity contribution in [3.63, 3.8) is 0 Å². The van der Waals surface area contributed by atoms with Gasteiger partial charge in [0.05, 0.1) is 5.02 Å². The first kappa shape index (κ1) is 22.7. The lowest BCUT2D eigenvalue weighted by molar-refractivity contribution is -0.118. The Hall–Kier alpha value is -3.02. The third kappa shape index (κ3) is 6.00. The highest BCUT2D eigenvalue weighted by Gasteiger charge is 2.17. The standard InChI is InChI=1S/C24H22Cl2N2O3/c1-14(2)27-24(30)21(28-23(29)16-6-4-15(3)5-7-16)13-18-9-11-22(31-18)19-10-8-17(25)12-20(19)26/h4-14H,1-3H3,(H,27,30)(H,28,29)/b21-13-. The number of carbonyl (C=O) groups is 2. The number of nitrogens with one attached hydrogen (secondary N) is 2. The van der Waals surface area contributed by atoms with Crippen LogP contribution in [0.2, 0.25) is 10.0 Å². The third-order valence-corrected chi connectivity index (χ3v) is 4.88. The summed E-state index contributed by atoms with van der Waals surface area (Å²) in [4.78, 5) is 25.3. The van der Waals surface area contributed by atoms with Gasteiger partial charge in [0.15, 0.2) is 0 Å². The first-order valence-corrected chi connectivity index (χ1v) is 10.4. The SMILES string of the molecule is Cc1ccc(C(=O)N/C(=C\c2ccc(-c3ccc(Cl)cc3Cl)o2)C(=O)NC(C)C)cc1. The molecule has 3 aromatic rings. The van der Waals surface area contributed by atoms with Gasteiger partial charge in [0.25, 0.3) is 11.8 Å². The summed E-state index contributed by atoms with van der Waals surface area (Å²) in [5.41, 5.74) is 2.22. The van der Waals surface area contributed by atoms with Crippen LogP contribution >= 0.6 is 23.2 Å². The van der Waals surface area contributed by atoms with Gasteiger partial charge in [-0.05, 0) is 63.2 Å². The molecule has 0 unspecified atom stereocenters. The van der Waals surface area contributed by atoms with Crippen molar-refractivity contribution in [1.82, 2.24) is 10.6 Å². The molecule has 0 fully saturated rings. The van der Waals surface area contributed by atoms with Gasteiger partial charge >= 0.3 is 0 Å². The fraction of sp³-hybridized carbons (Fsp3) is 0.167. The number of halogens is 2. The summed E-state index contributed by atoms with van der Waals surface area (Å²) in [7, 11) is 0. The highest BCUT2D eigenvalue weighted by atomic mass is 35.5. The number of furan rings is 1. The Bertz CT molecular complexity index is 1130. The van der Waals surface area contributed by atoms with Crippen LogP contribution < -0.4 is 10.6 Å². The Balaban J connectivity index is 1.90. The van der Waals surface area contributed by atoms with E-state index in [2.05, 4.69) is 10.6 Å². The minimum Gasteiger partial charge on any atom is -0.457 e. The molecule has 0 saturated heterocycles. The fourth-order valence-electron chi connectivity index (χ4n) is 2.80. The summed E-state index contributed by atoms with van der Waals surface area (Å²) in [5.74, 6) is 0.0937. The van der Waals surface area contributed by atoms with Crippen LogP contribution in [0.3, 0.4) is 0 Å². The number of amides is 2. The van der Waals surface area contributed by atoms with E-state index in [1.54, 1.807) is 42.5 Å². The maximum atomic E-state index is 12.7. The lowest BCUT2D eigenvalue weighted by Crippen LogP contribution is -2.38. The van der Waals surface area contributed by atoms with Crippen molar-refractivity contribution in [3.8, 4) is 11.3 Å². The molecule has 0 atom stereocenters. The smallest absolute Gasteiger partial charge is 0.268 e. The Labute approximate surface area is 191 Å². The molecule has 0 bridgehead atoms. The van der Waals surface area contributed by atoms with E-state index in [4.69, 9.17) is 27.6 Å². The average molecular weight is 457 g/mol. The lowest BCUT2D eigenvalue weighted by atomic mass is 10.1. The van der Waals surface area contributed by atoms with Crippen LogP contribution in [0.5, 0.6) is 0 Å². The van der Waals surface area contributed by atoms with Crippen molar-refractivity contribution in [2.75, 3.05) is 0 Å². The van der Waals surface area contributed by atoms with Gasteiger partial charge in [-0.1, -0.05) is 40.9 Å². The molecule has 5 nitrogen and oxygen atoms in total. The monoisotopic (exact) mass is 456 g/mol.